The zero-order valence-electron chi connectivity index (χ0n) is 10.6. The highest BCUT2D eigenvalue weighted by atomic mass is 79.9. The Hall–Kier alpha value is -1.01. The number of carbonyl (C=O) groups excluding carboxylic acids is 1. The molecule has 2 rings (SSSR count). The lowest BCUT2D eigenvalue weighted by Gasteiger charge is -2.32. The summed E-state index contributed by atoms with van der Waals surface area (Å²) >= 11 is 2.91. The summed E-state index contributed by atoms with van der Waals surface area (Å²) in [6, 6.07) is 2.13. The number of benzene rings is 1. The van der Waals surface area contributed by atoms with Crippen molar-refractivity contribution >= 4 is 21.8 Å². The van der Waals surface area contributed by atoms with Crippen molar-refractivity contribution < 1.29 is 13.6 Å². The Morgan fingerprint density at radius 2 is 1.84 bits per heavy atom. The van der Waals surface area contributed by atoms with Crippen LogP contribution in [0.3, 0.4) is 0 Å². The van der Waals surface area contributed by atoms with Crippen LogP contribution in [0.5, 0.6) is 0 Å². The molecule has 1 aliphatic heterocycles. The van der Waals surface area contributed by atoms with Gasteiger partial charge in [-0.25, -0.2) is 8.78 Å². The molecule has 0 saturated carbocycles. The molecule has 104 valence electrons. The van der Waals surface area contributed by atoms with Crippen molar-refractivity contribution in [1.82, 2.24) is 9.80 Å². The monoisotopic (exact) mass is 332 g/mol. The van der Waals surface area contributed by atoms with Crippen LogP contribution in [0.1, 0.15) is 5.56 Å². The van der Waals surface area contributed by atoms with Gasteiger partial charge in [0.2, 0.25) is 5.91 Å². The third-order valence-electron chi connectivity index (χ3n) is 3.29. The molecule has 0 bridgehead atoms. The first-order chi connectivity index (χ1) is 8.97. The van der Waals surface area contributed by atoms with Gasteiger partial charge in [0.05, 0.1) is 10.9 Å². The molecule has 0 aliphatic carbocycles. The normalized spacial score (nSPS) is 16.7. The molecule has 0 atom stereocenters. The lowest BCUT2D eigenvalue weighted by Crippen LogP contribution is -2.47. The van der Waals surface area contributed by atoms with Gasteiger partial charge >= 0.3 is 0 Å². The summed E-state index contributed by atoms with van der Waals surface area (Å²) in [5.41, 5.74) is 0.102. The van der Waals surface area contributed by atoms with Gasteiger partial charge in [-0.3, -0.25) is 4.79 Å². The second-order valence-corrected chi connectivity index (χ2v) is 5.57. The van der Waals surface area contributed by atoms with E-state index in [1.54, 1.807) is 4.90 Å². The van der Waals surface area contributed by atoms with Crippen molar-refractivity contribution in [1.29, 1.82) is 0 Å². The summed E-state index contributed by atoms with van der Waals surface area (Å²) in [6.45, 7) is 2.89. The Bertz CT molecular complexity index is 488. The largest absolute Gasteiger partial charge is 0.340 e. The van der Waals surface area contributed by atoms with Gasteiger partial charge in [0.15, 0.2) is 0 Å². The van der Waals surface area contributed by atoms with E-state index in [0.29, 0.717) is 13.1 Å². The minimum Gasteiger partial charge on any atom is -0.340 e. The number of piperazine rings is 1. The van der Waals surface area contributed by atoms with Crippen molar-refractivity contribution in [2.45, 2.75) is 6.42 Å². The van der Waals surface area contributed by atoms with Gasteiger partial charge in [-0.05, 0) is 35.1 Å². The molecule has 1 fully saturated rings. The van der Waals surface area contributed by atoms with E-state index in [1.807, 2.05) is 7.05 Å². The molecule has 0 N–H and O–H groups in total. The Morgan fingerprint density at radius 3 is 2.47 bits per heavy atom. The van der Waals surface area contributed by atoms with E-state index in [0.717, 1.165) is 25.2 Å². The van der Waals surface area contributed by atoms with Crippen molar-refractivity contribution in [3.8, 4) is 0 Å². The topological polar surface area (TPSA) is 23.6 Å². The highest BCUT2D eigenvalue weighted by Gasteiger charge is 2.20. The van der Waals surface area contributed by atoms with E-state index in [1.165, 1.54) is 0 Å². The van der Waals surface area contributed by atoms with E-state index in [4.69, 9.17) is 0 Å². The second kappa shape index (κ2) is 5.96. The summed E-state index contributed by atoms with van der Waals surface area (Å²) in [5, 5.41) is 0. The van der Waals surface area contributed by atoms with Crippen LogP contribution in [0.15, 0.2) is 16.6 Å². The first kappa shape index (κ1) is 14.4. The van der Waals surface area contributed by atoms with E-state index in [9.17, 15) is 13.6 Å². The zero-order valence-corrected chi connectivity index (χ0v) is 12.2. The van der Waals surface area contributed by atoms with Gasteiger partial charge in [-0.1, -0.05) is 0 Å². The third kappa shape index (κ3) is 3.51. The molecule has 3 nitrogen and oxygen atoms in total. The van der Waals surface area contributed by atoms with Gasteiger partial charge in [0.25, 0.3) is 0 Å². The fraction of sp³-hybridized carbons (Fsp3) is 0.462. The van der Waals surface area contributed by atoms with Crippen LogP contribution < -0.4 is 0 Å². The van der Waals surface area contributed by atoms with E-state index < -0.39 is 11.6 Å². The number of hydrogen-bond donors (Lipinski definition) is 0. The van der Waals surface area contributed by atoms with Crippen molar-refractivity contribution in [3.63, 3.8) is 0 Å². The Balaban J connectivity index is 2.05. The number of nitrogens with zero attached hydrogens (tertiary/aromatic N) is 2. The summed E-state index contributed by atoms with van der Waals surface area (Å²) in [7, 11) is 1.99. The van der Waals surface area contributed by atoms with Crippen LogP contribution in [0, 0.1) is 11.6 Å². The van der Waals surface area contributed by atoms with Crippen LogP contribution in [-0.2, 0) is 11.2 Å². The molecule has 1 saturated heterocycles. The first-order valence-electron chi connectivity index (χ1n) is 6.07. The predicted octanol–water partition coefficient (Wildman–Crippen LogP) is 2.04. The maximum Gasteiger partial charge on any atom is 0.227 e. The smallest absolute Gasteiger partial charge is 0.227 e. The summed E-state index contributed by atoms with van der Waals surface area (Å²) in [4.78, 5) is 15.9. The Morgan fingerprint density at radius 1 is 1.21 bits per heavy atom. The number of hydrogen-bond acceptors (Lipinski definition) is 2. The molecular weight excluding hydrogens is 318 g/mol. The van der Waals surface area contributed by atoms with Gasteiger partial charge in [0.1, 0.15) is 11.6 Å². The number of rotatable bonds is 2. The lowest BCUT2D eigenvalue weighted by molar-refractivity contribution is -0.132. The fourth-order valence-corrected chi connectivity index (χ4v) is 2.35. The number of halogens is 3. The Kier molecular flexibility index (Phi) is 4.52. The van der Waals surface area contributed by atoms with Gasteiger partial charge in [-0.2, -0.15) is 0 Å². The molecule has 1 aromatic carbocycles. The fourth-order valence-electron chi connectivity index (χ4n) is 2.03. The SMILES string of the molecule is CN1CCN(C(=O)Cc2cc(F)c(Br)cc2F)CC1. The third-order valence-corrected chi connectivity index (χ3v) is 3.89. The number of carbonyl (C=O) groups is 1. The van der Waals surface area contributed by atoms with Crippen molar-refractivity contribution in [2.24, 2.45) is 0 Å². The molecule has 1 aromatic rings. The Labute approximate surface area is 119 Å². The van der Waals surface area contributed by atoms with Crippen molar-refractivity contribution in [2.75, 3.05) is 33.2 Å². The van der Waals surface area contributed by atoms with Crippen LogP contribution in [0.25, 0.3) is 0 Å². The van der Waals surface area contributed by atoms with Crippen LogP contribution in [0.2, 0.25) is 0 Å². The van der Waals surface area contributed by atoms with E-state index >= 15 is 0 Å². The van der Waals surface area contributed by atoms with Gasteiger partial charge in [-0.15, -0.1) is 0 Å². The lowest BCUT2D eigenvalue weighted by atomic mass is 10.1. The van der Waals surface area contributed by atoms with Gasteiger partial charge < -0.3 is 9.80 Å². The standard InChI is InChI=1S/C13H15BrF2N2O/c1-17-2-4-18(5-3-17)13(19)7-9-6-12(16)10(14)8-11(9)15/h6,8H,2-5,7H2,1H3. The molecule has 0 spiro atoms. The number of likely N-dealkylation sites (N-methyl/N-ethyl adjacent to an activating group) is 1. The molecule has 19 heavy (non-hydrogen) atoms. The predicted molar refractivity (Wildman–Crippen MR) is 71.8 cm³/mol. The molecule has 0 unspecified atom stereocenters. The summed E-state index contributed by atoms with van der Waals surface area (Å²) < 4.78 is 27.1. The van der Waals surface area contributed by atoms with E-state index in [-0.39, 0.29) is 22.4 Å². The first-order valence-corrected chi connectivity index (χ1v) is 6.86. The highest BCUT2D eigenvalue weighted by molar-refractivity contribution is 9.10. The maximum atomic E-state index is 13.6. The van der Waals surface area contributed by atoms with Crippen LogP contribution in [0.4, 0.5) is 8.78 Å². The average Bonchev–Trinajstić information content (AvgIpc) is 2.36. The summed E-state index contributed by atoms with van der Waals surface area (Å²) in [5.74, 6) is -1.27. The molecule has 1 heterocycles. The second-order valence-electron chi connectivity index (χ2n) is 4.72. The molecular formula is C13H15BrF2N2O. The molecule has 6 heteroatoms. The molecule has 1 amide bonds. The quantitative estimate of drug-likeness (QED) is 0.774. The molecule has 0 radical (unpaired) electrons. The molecule has 1 aliphatic rings. The average molecular weight is 333 g/mol. The van der Waals surface area contributed by atoms with Crippen LogP contribution >= 0.6 is 15.9 Å². The highest BCUT2D eigenvalue weighted by Crippen LogP contribution is 2.20. The minimum absolute atomic E-state index is 0.0702. The molecule has 0 aromatic heterocycles. The van der Waals surface area contributed by atoms with Crippen molar-refractivity contribution in [3.05, 3.63) is 33.8 Å². The maximum absolute atomic E-state index is 13.6. The zero-order chi connectivity index (χ0) is 14.0. The summed E-state index contributed by atoms with van der Waals surface area (Å²) in [6.07, 6.45) is -0.0975. The van der Waals surface area contributed by atoms with E-state index in [2.05, 4.69) is 20.8 Å². The minimum atomic E-state index is -0.559. The number of amides is 1. The van der Waals surface area contributed by atoms with Gasteiger partial charge in [0, 0.05) is 31.7 Å². The van der Waals surface area contributed by atoms with Crippen LogP contribution in [-0.4, -0.2) is 48.9 Å².